The van der Waals surface area contributed by atoms with Crippen molar-refractivity contribution in [1.82, 2.24) is 0 Å². The summed E-state index contributed by atoms with van der Waals surface area (Å²) >= 11 is 0. The van der Waals surface area contributed by atoms with Crippen LogP contribution in [-0.4, -0.2) is 6.03 Å². The number of carbonyl (C=O) groups excluding carboxylic acids is 1. The molecule has 2 aliphatic rings. The van der Waals surface area contributed by atoms with Crippen molar-refractivity contribution >= 4 is 11.7 Å². The molecule has 0 radical (unpaired) electrons. The number of benzene rings is 1. The molecule has 0 bridgehead atoms. The smallest absolute Gasteiger partial charge is 0.316 e. The molecule has 0 aromatic heterocycles. The summed E-state index contributed by atoms with van der Waals surface area (Å²) in [6.45, 7) is 0. The Morgan fingerprint density at radius 1 is 1.06 bits per heavy atom. The lowest BCUT2D eigenvalue weighted by Crippen LogP contribution is -2.21. The van der Waals surface area contributed by atoms with Crippen LogP contribution in [0.4, 0.5) is 10.5 Å². The van der Waals surface area contributed by atoms with Crippen molar-refractivity contribution < 1.29 is 4.79 Å². The highest BCUT2D eigenvalue weighted by Gasteiger charge is 2.28. The van der Waals surface area contributed by atoms with Crippen LogP contribution in [0.25, 0.3) is 0 Å². The summed E-state index contributed by atoms with van der Waals surface area (Å²) in [5.74, 6) is 0. The molecule has 0 saturated carbocycles. The van der Waals surface area contributed by atoms with Crippen molar-refractivity contribution in [1.29, 1.82) is 5.26 Å². The van der Waals surface area contributed by atoms with E-state index in [2.05, 4.69) is 11.4 Å². The van der Waals surface area contributed by atoms with E-state index in [1.54, 1.807) is 0 Å². The molecule has 1 aromatic carbocycles. The normalized spacial score (nSPS) is 15.9. The molecule has 3 rings (SSSR count). The number of hydrogen-bond acceptors (Lipinski definition) is 2. The van der Waals surface area contributed by atoms with Gasteiger partial charge in [0.15, 0.2) is 0 Å². The molecule has 0 fully saturated rings. The number of anilines is 1. The highest BCUT2D eigenvalue weighted by Crippen LogP contribution is 2.41. The first-order chi connectivity index (χ1) is 8.72. The maximum atomic E-state index is 11.2. The summed E-state index contributed by atoms with van der Waals surface area (Å²) < 4.78 is 0. The van der Waals surface area contributed by atoms with Gasteiger partial charge in [-0.2, -0.15) is 5.26 Å². The molecule has 18 heavy (non-hydrogen) atoms. The Labute approximate surface area is 106 Å². The van der Waals surface area contributed by atoms with Gasteiger partial charge in [0.1, 0.15) is 0 Å². The molecule has 0 spiro atoms. The lowest BCUT2D eigenvalue weighted by molar-refractivity contribution is 0.259. The SMILES string of the molecule is N#Cc1c2c(c(NC(N)=O)c3c1CCC3)CCC2. The van der Waals surface area contributed by atoms with Crippen molar-refractivity contribution in [3.8, 4) is 6.07 Å². The van der Waals surface area contributed by atoms with Gasteiger partial charge >= 0.3 is 6.03 Å². The van der Waals surface area contributed by atoms with Gasteiger partial charge < -0.3 is 11.1 Å². The number of carbonyl (C=O) groups is 1. The number of urea groups is 1. The van der Waals surface area contributed by atoms with E-state index in [4.69, 9.17) is 5.73 Å². The van der Waals surface area contributed by atoms with E-state index in [0.29, 0.717) is 0 Å². The molecule has 0 saturated heterocycles. The van der Waals surface area contributed by atoms with Crippen molar-refractivity contribution in [2.45, 2.75) is 38.5 Å². The number of nitriles is 1. The number of fused-ring (bicyclic) bond motifs is 2. The van der Waals surface area contributed by atoms with Crippen molar-refractivity contribution in [3.63, 3.8) is 0 Å². The van der Waals surface area contributed by atoms with Crippen molar-refractivity contribution in [2.24, 2.45) is 5.73 Å². The average molecular weight is 241 g/mol. The summed E-state index contributed by atoms with van der Waals surface area (Å²) in [5, 5.41) is 12.2. The number of nitrogens with zero attached hydrogens (tertiary/aromatic N) is 1. The Hall–Kier alpha value is -2.02. The van der Waals surface area contributed by atoms with E-state index >= 15 is 0 Å². The topological polar surface area (TPSA) is 78.9 Å². The first-order valence-electron chi connectivity index (χ1n) is 6.38. The summed E-state index contributed by atoms with van der Waals surface area (Å²) in [5.41, 5.74) is 11.6. The minimum Gasteiger partial charge on any atom is -0.351 e. The maximum absolute atomic E-state index is 11.2. The quantitative estimate of drug-likeness (QED) is 0.789. The van der Waals surface area contributed by atoms with Crippen LogP contribution in [0.15, 0.2) is 0 Å². The Morgan fingerprint density at radius 2 is 1.56 bits per heavy atom. The second kappa shape index (κ2) is 4.02. The molecule has 1 aromatic rings. The molecule has 92 valence electrons. The Kier molecular flexibility index (Phi) is 2.48. The standard InChI is InChI=1S/C14H15N3O/c15-7-12-8-3-1-5-10(8)13(17-14(16)18)11-6-2-4-9(11)12/h1-6H2,(H3,16,17,18). The van der Waals surface area contributed by atoms with Gasteiger partial charge in [-0.05, 0) is 60.8 Å². The van der Waals surface area contributed by atoms with E-state index in [0.717, 1.165) is 72.0 Å². The first-order valence-corrected chi connectivity index (χ1v) is 6.38. The van der Waals surface area contributed by atoms with Gasteiger partial charge in [0, 0.05) is 5.69 Å². The fourth-order valence-corrected chi connectivity index (χ4v) is 3.36. The zero-order chi connectivity index (χ0) is 12.7. The van der Waals surface area contributed by atoms with Crippen LogP contribution < -0.4 is 11.1 Å². The van der Waals surface area contributed by atoms with E-state index in [9.17, 15) is 10.1 Å². The lowest BCUT2D eigenvalue weighted by atomic mass is 9.93. The van der Waals surface area contributed by atoms with Gasteiger partial charge in [-0.25, -0.2) is 4.79 Å². The largest absolute Gasteiger partial charge is 0.351 e. The molecule has 4 nitrogen and oxygen atoms in total. The Bertz CT molecular complexity index is 549. The molecular formula is C14H15N3O. The van der Waals surface area contributed by atoms with Crippen molar-refractivity contribution in [2.75, 3.05) is 5.32 Å². The highest BCUT2D eigenvalue weighted by atomic mass is 16.2. The van der Waals surface area contributed by atoms with Gasteiger partial charge in [-0.15, -0.1) is 0 Å². The molecule has 4 heteroatoms. The fourth-order valence-electron chi connectivity index (χ4n) is 3.36. The lowest BCUT2D eigenvalue weighted by Gasteiger charge is -2.16. The van der Waals surface area contributed by atoms with Crippen LogP contribution in [0.5, 0.6) is 0 Å². The monoisotopic (exact) mass is 241 g/mol. The van der Waals surface area contributed by atoms with E-state index in [1.165, 1.54) is 0 Å². The average Bonchev–Trinajstić information content (AvgIpc) is 2.96. The molecule has 3 N–H and O–H groups in total. The number of primary amides is 1. The molecular weight excluding hydrogens is 226 g/mol. The summed E-state index contributed by atoms with van der Waals surface area (Å²) in [7, 11) is 0. The summed E-state index contributed by atoms with van der Waals surface area (Å²) in [6.07, 6.45) is 5.87. The predicted octanol–water partition coefficient (Wildman–Crippen LogP) is 2.03. The van der Waals surface area contributed by atoms with Crippen molar-refractivity contribution in [3.05, 3.63) is 27.8 Å². The Morgan fingerprint density at radius 3 is 2.00 bits per heavy atom. The second-order valence-corrected chi connectivity index (χ2v) is 4.97. The fraction of sp³-hybridized carbons (Fsp3) is 0.429. The molecule has 0 heterocycles. The van der Waals surface area contributed by atoms with Crippen LogP contribution in [0.3, 0.4) is 0 Å². The van der Waals surface area contributed by atoms with Gasteiger partial charge in [0.2, 0.25) is 0 Å². The summed E-state index contributed by atoms with van der Waals surface area (Å²) in [6, 6.07) is 1.85. The molecule has 0 unspecified atom stereocenters. The highest BCUT2D eigenvalue weighted by molar-refractivity contribution is 5.91. The van der Waals surface area contributed by atoms with Crippen LogP contribution in [0.2, 0.25) is 0 Å². The van der Waals surface area contributed by atoms with Crippen LogP contribution in [0.1, 0.15) is 40.7 Å². The number of amides is 2. The third kappa shape index (κ3) is 1.47. The number of rotatable bonds is 1. The zero-order valence-electron chi connectivity index (χ0n) is 10.2. The van der Waals surface area contributed by atoms with Gasteiger partial charge in [0.25, 0.3) is 0 Å². The van der Waals surface area contributed by atoms with Crippen LogP contribution >= 0.6 is 0 Å². The molecule has 0 aliphatic heterocycles. The van der Waals surface area contributed by atoms with Crippen LogP contribution in [0, 0.1) is 11.3 Å². The van der Waals surface area contributed by atoms with E-state index in [-0.39, 0.29) is 0 Å². The Balaban J connectivity index is 2.27. The number of nitrogens with one attached hydrogen (secondary N) is 1. The van der Waals surface area contributed by atoms with Gasteiger partial charge in [-0.3, -0.25) is 0 Å². The third-order valence-electron chi connectivity index (χ3n) is 4.00. The van der Waals surface area contributed by atoms with E-state index in [1.807, 2.05) is 0 Å². The maximum Gasteiger partial charge on any atom is 0.316 e. The van der Waals surface area contributed by atoms with Gasteiger partial charge in [-0.1, -0.05) is 0 Å². The summed E-state index contributed by atoms with van der Waals surface area (Å²) in [4.78, 5) is 11.2. The minimum atomic E-state index is -0.511. The van der Waals surface area contributed by atoms with Crippen LogP contribution in [-0.2, 0) is 25.7 Å². The predicted molar refractivity (Wildman–Crippen MR) is 68.4 cm³/mol. The molecule has 2 aliphatic carbocycles. The molecule has 2 amide bonds. The zero-order valence-corrected chi connectivity index (χ0v) is 10.2. The first kappa shape index (κ1) is 11.1. The number of nitrogens with two attached hydrogens (primary N) is 1. The molecule has 0 atom stereocenters. The minimum absolute atomic E-state index is 0.511. The number of hydrogen-bond donors (Lipinski definition) is 2. The van der Waals surface area contributed by atoms with Gasteiger partial charge in [0.05, 0.1) is 11.6 Å². The third-order valence-corrected chi connectivity index (χ3v) is 4.00. The van der Waals surface area contributed by atoms with E-state index < -0.39 is 6.03 Å². The second-order valence-electron chi connectivity index (χ2n) is 4.97.